The molecule has 6 heteroatoms. The van der Waals surface area contributed by atoms with Crippen LogP contribution in [-0.2, 0) is 10.2 Å². The molecular weight excluding hydrogens is 220 g/mol. The Morgan fingerprint density at radius 2 is 1.93 bits per heavy atom. The van der Waals surface area contributed by atoms with Crippen LogP contribution in [0.2, 0.25) is 0 Å². The molecule has 0 heterocycles. The molecule has 0 unspecified atom stereocenters. The summed E-state index contributed by atoms with van der Waals surface area (Å²) in [5, 5.41) is 4.92. The van der Waals surface area contributed by atoms with Crippen LogP contribution in [0.15, 0.2) is 0 Å². The van der Waals surface area contributed by atoms with Crippen molar-refractivity contribution >= 4 is 22.0 Å². The SMILES string of the molecule is CSC1(CNS(N)(=O)=O)CCCCC1. The van der Waals surface area contributed by atoms with E-state index in [1.807, 2.05) is 6.26 Å². The van der Waals surface area contributed by atoms with Gasteiger partial charge in [0.15, 0.2) is 0 Å². The molecule has 0 bridgehead atoms. The molecule has 1 rings (SSSR count). The van der Waals surface area contributed by atoms with E-state index in [9.17, 15) is 8.42 Å². The summed E-state index contributed by atoms with van der Waals surface area (Å²) in [6, 6.07) is 0. The first-order chi connectivity index (χ1) is 6.47. The van der Waals surface area contributed by atoms with Gasteiger partial charge >= 0.3 is 0 Å². The van der Waals surface area contributed by atoms with Crippen molar-refractivity contribution < 1.29 is 8.42 Å². The van der Waals surface area contributed by atoms with Crippen LogP contribution in [0, 0.1) is 0 Å². The van der Waals surface area contributed by atoms with Crippen LogP contribution in [0.4, 0.5) is 0 Å². The molecule has 84 valence electrons. The standard InChI is InChI=1S/C8H18N2O2S2/c1-13-8(5-3-2-4-6-8)7-10-14(9,11)12/h10H,2-7H2,1H3,(H2,9,11,12). The minimum Gasteiger partial charge on any atom is -0.216 e. The zero-order chi connectivity index (χ0) is 10.7. The Morgan fingerprint density at radius 3 is 2.36 bits per heavy atom. The van der Waals surface area contributed by atoms with Gasteiger partial charge in [-0.05, 0) is 19.1 Å². The highest BCUT2D eigenvalue weighted by atomic mass is 32.2. The Hall–Kier alpha value is 0.220. The monoisotopic (exact) mass is 238 g/mol. The Labute approximate surface area is 90.2 Å². The third-order valence-corrected chi connectivity index (χ3v) is 4.76. The smallest absolute Gasteiger partial charge is 0.216 e. The van der Waals surface area contributed by atoms with Crippen LogP contribution in [0.3, 0.4) is 0 Å². The maximum atomic E-state index is 10.8. The van der Waals surface area contributed by atoms with Gasteiger partial charge in [-0.2, -0.15) is 20.2 Å². The summed E-state index contributed by atoms with van der Waals surface area (Å²) in [7, 11) is -3.54. The van der Waals surface area contributed by atoms with Gasteiger partial charge in [0.05, 0.1) is 0 Å². The molecule has 0 spiro atoms. The summed E-state index contributed by atoms with van der Waals surface area (Å²) in [4.78, 5) is 0. The van der Waals surface area contributed by atoms with Gasteiger partial charge < -0.3 is 0 Å². The molecule has 0 aliphatic heterocycles. The Morgan fingerprint density at radius 1 is 1.36 bits per heavy atom. The molecule has 1 fully saturated rings. The van der Waals surface area contributed by atoms with E-state index in [4.69, 9.17) is 5.14 Å². The molecule has 0 aromatic heterocycles. The summed E-state index contributed by atoms with van der Waals surface area (Å²) < 4.78 is 24.1. The molecule has 1 saturated carbocycles. The summed E-state index contributed by atoms with van der Waals surface area (Å²) in [6.07, 6.45) is 7.83. The number of nitrogens with one attached hydrogen (secondary N) is 1. The van der Waals surface area contributed by atoms with E-state index >= 15 is 0 Å². The highest BCUT2D eigenvalue weighted by Crippen LogP contribution is 2.37. The quantitative estimate of drug-likeness (QED) is 0.762. The normalized spacial score (nSPS) is 22.1. The minimum atomic E-state index is -3.54. The van der Waals surface area contributed by atoms with Crippen LogP contribution in [0.1, 0.15) is 32.1 Å². The molecule has 0 atom stereocenters. The fraction of sp³-hybridized carbons (Fsp3) is 1.00. The number of nitrogens with two attached hydrogens (primary N) is 1. The lowest BCUT2D eigenvalue weighted by Gasteiger charge is -2.35. The Kier molecular flexibility index (Phi) is 4.24. The maximum absolute atomic E-state index is 10.8. The van der Waals surface area contributed by atoms with Crippen molar-refractivity contribution in [3.63, 3.8) is 0 Å². The van der Waals surface area contributed by atoms with E-state index in [1.54, 1.807) is 11.8 Å². The average molecular weight is 238 g/mol. The summed E-state index contributed by atoms with van der Waals surface area (Å²) in [5.74, 6) is 0. The third-order valence-electron chi connectivity index (χ3n) is 2.79. The van der Waals surface area contributed by atoms with E-state index in [1.165, 1.54) is 19.3 Å². The summed E-state index contributed by atoms with van der Waals surface area (Å²) >= 11 is 1.75. The van der Waals surface area contributed by atoms with Crippen molar-refractivity contribution in [3.05, 3.63) is 0 Å². The second-order valence-corrected chi connectivity index (χ2v) is 6.47. The van der Waals surface area contributed by atoms with E-state index in [0.29, 0.717) is 6.54 Å². The Bertz CT molecular complexity index is 271. The van der Waals surface area contributed by atoms with E-state index in [-0.39, 0.29) is 4.75 Å². The van der Waals surface area contributed by atoms with Crippen LogP contribution in [0.5, 0.6) is 0 Å². The molecule has 14 heavy (non-hydrogen) atoms. The summed E-state index contributed by atoms with van der Waals surface area (Å²) in [5.41, 5.74) is 0. The lowest BCUT2D eigenvalue weighted by molar-refractivity contribution is 0.395. The van der Waals surface area contributed by atoms with Crippen molar-refractivity contribution in [3.8, 4) is 0 Å². The first kappa shape index (κ1) is 12.3. The van der Waals surface area contributed by atoms with Crippen LogP contribution in [-0.4, -0.2) is 26.0 Å². The van der Waals surface area contributed by atoms with Crippen molar-refractivity contribution in [1.29, 1.82) is 0 Å². The van der Waals surface area contributed by atoms with Crippen molar-refractivity contribution in [2.75, 3.05) is 12.8 Å². The first-order valence-electron chi connectivity index (χ1n) is 4.80. The van der Waals surface area contributed by atoms with Gasteiger partial charge in [-0.3, -0.25) is 0 Å². The highest BCUT2D eigenvalue weighted by Gasteiger charge is 2.31. The fourth-order valence-corrected chi connectivity index (χ4v) is 3.36. The minimum absolute atomic E-state index is 0.0741. The second kappa shape index (κ2) is 4.83. The number of rotatable bonds is 4. The van der Waals surface area contributed by atoms with Crippen molar-refractivity contribution in [2.24, 2.45) is 5.14 Å². The molecule has 1 aliphatic rings. The van der Waals surface area contributed by atoms with Gasteiger partial charge in [-0.15, -0.1) is 0 Å². The number of hydrogen-bond donors (Lipinski definition) is 2. The number of hydrogen-bond acceptors (Lipinski definition) is 3. The van der Waals surface area contributed by atoms with E-state index in [2.05, 4.69) is 4.72 Å². The largest absolute Gasteiger partial charge is 0.274 e. The predicted molar refractivity (Wildman–Crippen MR) is 60.4 cm³/mol. The third kappa shape index (κ3) is 3.76. The molecule has 0 aromatic rings. The van der Waals surface area contributed by atoms with Crippen LogP contribution < -0.4 is 9.86 Å². The number of thioether (sulfide) groups is 1. The lowest BCUT2D eigenvalue weighted by atomic mass is 9.88. The molecule has 0 saturated heterocycles. The van der Waals surface area contributed by atoms with Gasteiger partial charge in [-0.1, -0.05) is 19.3 Å². The molecule has 3 N–H and O–H groups in total. The molecule has 4 nitrogen and oxygen atoms in total. The first-order valence-corrected chi connectivity index (χ1v) is 7.57. The fourth-order valence-electron chi connectivity index (χ4n) is 1.88. The second-order valence-electron chi connectivity index (χ2n) is 3.81. The van der Waals surface area contributed by atoms with Crippen LogP contribution >= 0.6 is 11.8 Å². The van der Waals surface area contributed by atoms with Crippen molar-refractivity contribution in [1.82, 2.24) is 4.72 Å². The Balaban J connectivity index is 2.52. The molecule has 0 aromatic carbocycles. The zero-order valence-electron chi connectivity index (χ0n) is 8.45. The van der Waals surface area contributed by atoms with Crippen molar-refractivity contribution in [2.45, 2.75) is 36.9 Å². The van der Waals surface area contributed by atoms with Gasteiger partial charge in [0.2, 0.25) is 0 Å². The van der Waals surface area contributed by atoms with E-state index in [0.717, 1.165) is 12.8 Å². The highest BCUT2D eigenvalue weighted by molar-refractivity contribution is 8.00. The summed E-state index contributed by atoms with van der Waals surface area (Å²) in [6.45, 7) is 0.465. The molecule has 0 radical (unpaired) electrons. The van der Waals surface area contributed by atoms with E-state index < -0.39 is 10.2 Å². The molecule has 0 amide bonds. The zero-order valence-corrected chi connectivity index (χ0v) is 10.1. The molecule has 1 aliphatic carbocycles. The van der Waals surface area contributed by atoms with Gasteiger partial charge in [0.25, 0.3) is 10.2 Å². The maximum Gasteiger partial charge on any atom is 0.274 e. The van der Waals surface area contributed by atoms with Gasteiger partial charge in [0.1, 0.15) is 0 Å². The van der Waals surface area contributed by atoms with Gasteiger partial charge in [-0.25, -0.2) is 9.86 Å². The average Bonchev–Trinajstić information content (AvgIpc) is 2.15. The molecular formula is C8H18N2O2S2. The van der Waals surface area contributed by atoms with Gasteiger partial charge in [0, 0.05) is 11.3 Å². The topological polar surface area (TPSA) is 72.2 Å². The predicted octanol–water partition coefficient (Wildman–Crippen LogP) is 0.845. The van der Waals surface area contributed by atoms with Crippen LogP contribution in [0.25, 0.3) is 0 Å². The lowest BCUT2D eigenvalue weighted by Crippen LogP contribution is -2.44.